The van der Waals surface area contributed by atoms with Gasteiger partial charge in [-0.25, -0.2) is 4.39 Å². The minimum Gasteiger partial charge on any atom is -0.494 e. The van der Waals surface area contributed by atoms with Gasteiger partial charge in [0.15, 0.2) is 11.6 Å². The molecule has 0 bridgehead atoms. The minimum atomic E-state index is -0.381. The summed E-state index contributed by atoms with van der Waals surface area (Å²) in [4.78, 5) is 2.31. The highest BCUT2D eigenvalue weighted by atomic mass is 19.1. The Kier molecular flexibility index (Phi) is 5.16. The standard InChI is InChI=1S/C15H24FN3O2/c1-15(2,19-6-8-21-9-7-19)14(18-17)11-4-5-13(20-3)12(16)10-11/h4-5,10,14,18H,6-9,17H2,1-3H3. The van der Waals surface area contributed by atoms with Crippen LogP contribution in [0.4, 0.5) is 4.39 Å². The van der Waals surface area contributed by atoms with Crippen molar-refractivity contribution < 1.29 is 13.9 Å². The molecule has 0 aromatic heterocycles. The molecule has 1 saturated heterocycles. The third-order valence-corrected chi connectivity index (χ3v) is 4.21. The largest absolute Gasteiger partial charge is 0.494 e. The fraction of sp³-hybridized carbons (Fsp3) is 0.600. The minimum absolute atomic E-state index is 0.198. The highest BCUT2D eigenvalue weighted by Crippen LogP contribution is 2.32. The van der Waals surface area contributed by atoms with E-state index in [2.05, 4.69) is 24.2 Å². The normalized spacial score (nSPS) is 18.5. The number of hydrogen-bond acceptors (Lipinski definition) is 5. The predicted octanol–water partition coefficient (Wildman–Crippen LogP) is 1.45. The molecule has 6 heteroatoms. The van der Waals surface area contributed by atoms with E-state index in [-0.39, 0.29) is 23.1 Å². The van der Waals surface area contributed by atoms with Crippen molar-refractivity contribution in [3.05, 3.63) is 29.6 Å². The van der Waals surface area contributed by atoms with E-state index in [1.54, 1.807) is 6.07 Å². The zero-order valence-corrected chi connectivity index (χ0v) is 12.9. The summed E-state index contributed by atoms with van der Waals surface area (Å²) in [6.45, 7) is 7.29. The number of ether oxygens (including phenoxy) is 2. The Balaban J connectivity index is 2.27. The van der Waals surface area contributed by atoms with E-state index in [4.69, 9.17) is 15.3 Å². The molecule has 5 nitrogen and oxygen atoms in total. The van der Waals surface area contributed by atoms with Crippen LogP contribution in [0.3, 0.4) is 0 Å². The lowest BCUT2D eigenvalue weighted by atomic mass is 9.87. The molecule has 0 radical (unpaired) electrons. The number of morpholine rings is 1. The number of hydrazine groups is 1. The molecule has 0 saturated carbocycles. The van der Waals surface area contributed by atoms with Gasteiger partial charge >= 0.3 is 0 Å². The Morgan fingerprint density at radius 2 is 2.05 bits per heavy atom. The van der Waals surface area contributed by atoms with Gasteiger partial charge in [-0.1, -0.05) is 6.07 Å². The van der Waals surface area contributed by atoms with Crippen LogP contribution in [0.1, 0.15) is 25.5 Å². The van der Waals surface area contributed by atoms with E-state index in [1.807, 2.05) is 6.07 Å². The number of methoxy groups -OCH3 is 1. The van der Waals surface area contributed by atoms with Crippen LogP contribution in [0.2, 0.25) is 0 Å². The second-order valence-electron chi connectivity index (χ2n) is 5.75. The van der Waals surface area contributed by atoms with Crippen molar-refractivity contribution in [2.24, 2.45) is 5.84 Å². The van der Waals surface area contributed by atoms with Gasteiger partial charge in [0.2, 0.25) is 0 Å². The van der Waals surface area contributed by atoms with Gasteiger partial charge in [-0.05, 0) is 31.5 Å². The van der Waals surface area contributed by atoms with E-state index in [0.717, 1.165) is 18.7 Å². The maximum absolute atomic E-state index is 14.0. The second kappa shape index (κ2) is 6.70. The van der Waals surface area contributed by atoms with E-state index >= 15 is 0 Å². The number of halogens is 1. The molecule has 1 atom stereocenters. The van der Waals surface area contributed by atoms with Crippen molar-refractivity contribution in [1.29, 1.82) is 0 Å². The predicted molar refractivity (Wildman–Crippen MR) is 79.5 cm³/mol. The highest BCUT2D eigenvalue weighted by molar-refractivity contribution is 5.32. The fourth-order valence-corrected chi connectivity index (χ4v) is 2.89. The van der Waals surface area contributed by atoms with Gasteiger partial charge in [0, 0.05) is 18.6 Å². The number of rotatable bonds is 5. The van der Waals surface area contributed by atoms with Gasteiger partial charge in [0.25, 0.3) is 0 Å². The van der Waals surface area contributed by atoms with Gasteiger partial charge < -0.3 is 9.47 Å². The van der Waals surface area contributed by atoms with E-state index in [1.165, 1.54) is 13.2 Å². The molecule has 0 spiro atoms. The van der Waals surface area contributed by atoms with Gasteiger partial charge in [-0.2, -0.15) is 0 Å². The Hall–Kier alpha value is -1.21. The molecule has 21 heavy (non-hydrogen) atoms. The molecule has 0 aliphatic carbocycles. The third-order valence-electron chi connectivity index (χ3n) is 4.21. The monoisotopic (exact) mass is 297 g/mol. The molecular weight excluding hydrogens is 273 g/mol. The number of hydrogen-bond donors (Lipinski definition) is 2. The fourth-order valence-electron chi connectivity index (χ4n) is 2.89. The molecule has 3 N–H and O–H groups in total. The van der Waals surface area contributed by atoms with E-state index in [0.29, 0.717) is 13.2 Å². The topological polar surface area (TPSA) is 59.8 Å². The lowest BCUT2D eigenvalue weighted by Gasteiger charge is -2.45. The van der Waals surface area contributed by atoms with Crippen molar-refractivity contribution in [2.45, 2.75) is 25.4 Å². The Morgan fingerprint density at radius 1 is 1.38 bits per heavy atom. The van der Waals surface area contributed by atoms with Crippen LogP contribution < -0.4 is 16.0 Å². The van der Waals surface area contributed by atoms with Crippen LogP contribution in [-0.4, -0.2) is 43.9 Å². The van der Waals surface area contributed by atoms with Crippen molar-refractivity contribution in [1.82, 2.24) is 10.3 Å². The van der Waals surface area contributed by atoms with Gasteiger partial charge in [0.05, 0.1) is 26.4 Å². The molecule has 1 aliphatic rings. The maximum atomic E-state index is 14.0. The molecule has 1 aliphatic heterocycles. The average Bonchev–Trinajstić information content (AvgIpc) is 2.49. The summed E-state index contributed by atoms with van der Waals surface area (Å²) in [5.41, 5.74) is 3.36. The highest BCUT2D eigenvalue weighted by Gasteiger charge is 2.37. The van der Waals surface area contributed by atoms with Crippen molar-refractivity contribution in [3.63, 3.8) is 0 Å². The number of nitrogens with one attached hydrogen (secondary N) is 1. The molecule has 0 amide bonds. The Morgan fingerprint density at radius 3 is 2.57 bits per heavy atom. The molecule has 1 aromatic rings. The van der Waals surface area contributed by atoms with Gasteiger partial charge in [-0.15, -0.1) is 0 Å². The molecule has 118 valence electrons. The van der Waals surface area contributed by atoms with Gasteiger partial charge in [0.1, 0.15) is 0 Å². The van der Waals surface area contributed by atoms with Crippen LogP contribution in [-0.2, 0) is 4.74 Å². The third kappa shape index (κ3) is 3.35. The number of benzene rings is 1. The van der Waals surface area contributed by atoms with Crippen LogP contribution in [0, 0.1) is 5.82 Å². The van der Waals surface area contributed by atoms with E-state index < -0.39 is 0 Å². The molecular formula is C15H24FN3O2. The van der Waals surface area contributed by atoms with Gasteiger partial charge in [-0.3, -0.25) is 16.2 Å². The quantitative estimate of drug-likeness (QED) is 0.636. The van der Waals surface area contributed by atoms with Crippen molar-refractivity contribution in [3.8, 4) is 5.75 Å². The first-order valence-corrected chi connectivity index (χ1v) is 7.13. The summed E-state index contributed by atoms with van der Waals surface area (Å²) in [6, 6.07) is 4.75. The zero-order valence-electron chi connectivity index (χ0n) is 12.9. The summed E-state index contributed by atoms with van der Waals surface area (Å²) in [5.74, 6) is 5.61. The molecule has 1 heterocycles. The first-order chi connectivity index (χ1) is 10.0. The summed E-state index contributed by atoms with van der Waals surface area (Å²) < 4.78 is 24.3. The Bertz CT molecular complexity index is 476. The first kappa shape index (κ1) is 16.2. The van der Waals surface area contributed by atoms with Crippen LogP contribution in [0.25, 0.3) is 0 Å². The van der Waals surface area contributed by atoms with Crippen LogP contribution in [0.5, 0.6) is 5.75 Å². The smallest absolute Gasteiger partial charge is 0.165 e. The lowest BCUT2D eigenvalue weighted by Crippen LogP contribution is -2.57. The zero-order chi connectivity index (χ0) is 15.5. The summed E-state index contributed by atoms with van der Waals surface area (Å²) in [7, 11) is 1.45. The molecule has 1 fully saturated rings. The number of nitrogens with zero attached hydrogens (tertiary/aromatic N) is 1. The first-order valence-electron chi connectivity index (χ1n) is 7.13. The van der Waals surface area contributed by atoms with Crippen molar-refractivity contribution >= 4 is 0 Å². The SMILES string of the molecule is COc1ccc(C(NN)C(C)(C)N2CCOCC2)cc1F. The van der Waals surface area contributed by atoms with E-state index in [9.17, 15) is 4.39 Å². The lowest BCUT2D eigenvalue weighted by molar-refractivity contribution is -0.0239. The van der Waals surface area contributed by atoms with Crippen LogP contribution in [0.15, 0.2) is 18.2 Å². The van der Waals surface area contributed by atoms with Crippen LogP contribution >= 0.6 is 0 Å². The Labute approximate surface area is 125 Å². The summed E-state index contributed by atoms with van der Waals surface area (Å²) in [6.07, 6.45) is 0. The summed E-state index contributed by atoms with van der Waals surface area (Å²) >= 11 is 0. The average molecular weight is 297 g/mol. The maximum Gasteiger partial charge on any atom is 0.165 e. The number of nitrogens with two attached hydrogens (primary N) is 1. The molecule has 1 aromatic carbocycles. The summed E-state index contributed by atoms with van der Waals surface area (Å²) in [5, 5.41) is 0. The second-order valence-corrected chi connectivity index (χ2v) is 5.75. The van der Waals surface area contributed by atoms with Crippen molar-refractivity contribution in [2.75, 3.05) is 33.4 Å². The molecule has 2 rings (SSSR count). The molecule has 1 unspecified atom stereocenters.